The minimum Gasteiger partial charge on any atom is -0.396 e. The average molecular weight is 306 g/mol. The van der Waals surface area contributed by atoms with E-state index in [0.717, 1.165) is 5.56 Å². The van der Waals surface area contributed by atoms with E-state index >= 15 is 0 Å². The lowest BCUT2D eigenvalue weighted by molar-refractivity contribution is -0.135. The largest absolute Gasteiger partial charge is 0.396 e. The zero-order valence-corrected chi connectivity index (χ0v) is 13.2. The third-order valence-electron chi connectivity index (χ3n) is 3.95. The van der Waals surface area contributed by atoms with E-state index in [1.807, 2.05) is 42.2 Å². The number of rotatable bonds is 7. The minimum absolute atomic E-state index is 0.0621. The predicted octanol–water partition coefficient (Wildman–Crippen LogP) is 1.34. The zero-order chi connectivity index (χ0) is 15.8. The van der Waals surface area contributed by atoms with Gasteiger partial charge in [-0.15, -0.1) is 0 Å². The molecule has 1 aliphatic rings. The molecule has 0 radical (unpaired) electrons. The van der Waals surface area contributed by atoms with Crippen molar-refractivity contribution in [2.24, 2.45) is 0 Å². The van der Waals surface area contributed by atoms with Crippen LogP contribution in [-0.4, -0.2) is 54.9 Å². The molecule has 0 bridgehead atoms. The van der Waals surface area contributed by atoms with Gasteiger partial charge in [0.15, 0.2) is 0 Å². The molecule has 1 aliphatic heterocycles. The van der Waals surface area contributed by atoms with Crippen molar-refractivity contribution in [3.05, 3.63) is 35.9 Å². The van der Waals surface area contributed by atoms with Crippen LogP contribution in [-0.2, 0) is 9.53 Å². The molecule has 5 heteroatoms. The number of aliphatic hydroxyl groups is 1. The quantitative estimate of drug-likeness (QED) is 0.798. The first-order valence-electron chi connectivity index (χ1n) is 7.98. The Morgan fingerprint density at radius 2 is 2.00 bits per heavy atom. The van der Waals surface area contributed by atoms with Crippen molar-refractivity contribution in [2.45, 2.75) is 31.8 Å². The summed E-state index contributed by atoms with van der Waals surface area (Å²) < 4.78 is 5.27. The summed E-state index contributed by atoms with van der Waals surface area (Å²) in [5.74, 6) is 0.166. The number of amides is 1. The maximum absolute atomic E-state index is 12.3. The monoisotopic (exact) mass is 306 g/mol. The summed E-state index contributed by atoms with van der Waals surface area (Å²) in [7, 11) is 0. The number of hydrogen-bond acceptors (Lipinski definition) is 4. The molecule has 0 saturated carbocycles. The maximum Gasteiger partial charge on any atom is 0.224 e. The van der Waals surface area contributed by atoms with Gasteiger partial charge in [-0.3, -0.25) is 4.79 Å². The van der Waals surface area contributed by atoms with Gasteiger partial charge in [-0.05, 0) is 18.9 Å². The van der Waals surface area contributed by atoms with E-state index in [4.69, 9.17) is 4.74 Å². The summed E-state index contributed by atoms with van der Waals surface area (Å²) in [6, 6.07) is 10.2. The molecule has 22 heavy (non-hydrogen) atoms. The van der Waals surface area contributed by atoms with Gasteiger partial charge in [0.05, 0.1) is 13.2 Å². The second kappa shape index (κ2) is 8.88. The second-order valence-corrected chi connectivity index (χ2v) is 5.74. The van der Waals surface area contributed by atoms with E-state index < -0.39 is 0 Å². The van der Waals surface area contributed by atoms with E-state index in [1.165, 1.54) is 0 Å². The first-order chi connectivity index (χ1) is 10.7. The van der Waals surface area contributed by atoms with Gasteiger partial charge in [-0.2, -0.15) is 0 Å². The van der Waals surface area contributed by atoms with Gasteiger partial charge in [-0.25, -0.2) is 0 Å². The molecule has 2 rings (SSSR count). The Labute approximate surface area is 132 Å². The molecule has 1 unspecified atom stereocenters. The Kier molecular flexibility index (Phi) is 6.83. The fraction of sp³-hybridized carbons (Fsp3) is 0.588. The number of carbonyl (C=O) groups excluding carboxylic acids is 1. The first kappa shape index (κ1) is 16.9. The van der Waals surface area contributed by atoms with Gasteiger partial charge in [0.2, 0.25) is 5.91 Å². The first-order valence-corrected chi connectivity index (χ1v) is 7.98. The third-order valence-corrected chi connectivity index (χ3v) is 3.95. The number of hydrogen-bond donors (Lipinski definition) is 2. The molecule has 0 aromatic heterocycles. The van der Waals surface area contributed by atoms with Crippen molar-refractivity contribution in [2.75, 3.05) is 32.9 Å². The van der Waals surface area contributed by atoms with Gasteiger partial charge in [0.25, 0.3) is 0 Å². The molecular formula is C17H26N2O3. The van der Waals surface area contributed by atoms with Crippen molar-refractivity contribution in [1.29, 1.82) is 0 Å². The highest BCUT2D eigenvalue weighted by Crippen LogP contribution is 2.17. The molecule has 1 heterocycles. The number of morpholine rings is 1. The molecule has 1 fully saturated rings. The predicted molar refractivity (Wildman–Crippen MR) is 85.5 cm³/mol. The zero-order valence-electron chi connectivity index (χ0n) is 13.2. The van der Waals surface area contributed by atoms with Crippen LogP contribution in [0, 0.1) is 0 Å². The third kappa shape index (κ3) is 5.09. The van der Waals surface area contributed by atoms with E-state index in [2.05, 4.69) is 5.32 Å². The van der Waals surface area contributed by atoms with Crippen LogP contribution < -0.4 is 5.32 Å². The highest BCUT2D eigenvalue weighted by molar-refractivity contribution is 5.76. The average Bonchev–Trinajstić information content (AvgIpc) is 2.56. The summed E-state index contributed by atoms with van der Waals surface area (Å²) in [6.07, 6.45) is 1.11. The number of ether oxygens (including phenoxy) is 1. The number of nitrogens with zero attached hydrogens (tertiary/aromatic N) is 1. The van der Waals surface area contributed by atoms with E-state index in [-0.39, 0.29) is 24.6 Å². The maximum atomic E-state index is 12.3. The summed E-state index contributed by atoms with van der Waals surface area (Å²) in [5, 5.41) is 12.7. The Morgan fingerprint density at radius 1 is 1.32 bits per heavy atom. The minimum atomic E-state index is 0.0621. The Hall–Kier alpha value is -1.43. The molecule has 0 aliphatic carbocycles. The summed E-state index contributed by atoms with van der Waals surface area (Å²) in [5.41, 5.74) is 1.14. The number of aliphatic hydroxyl groups excluding tert-OH is 1. The van der Waals surface area contributed by atoms with Gasteiger partial charge in [-0.1, -0.05) is 30.3 Å². The van der Waals surface area contributed by atoms with Crippen molar-refractivity contribution >= 4 is 5.91 Å². The Balaban J connectivity index is 1.87. The molecule has 2 N–H and O–H groups in total. The summed E-state index contributed by atoms with van der Waals surface area (Å²) >= 11 is 0. The lowest BCUT2D eigenvalue weighted by atomic mass is 10.0. The SMILES string of the molecule is CC(CC(=O)N1CCOCC1)N[C@H](CCO)c1ccccc1. The number of benzene rings is 1. The highest BCUT2D eigenvalue weighted by atomic mass is 16.5. The van der Waals surface area contributed by atoms with Crippen molar-refractivity contribution in [1.82, 2.24) is 10.2 Å². The second-order valence-electron chi connectivity index (χ2n) is 5.74. The molecular weight excluding hydrogens is 280 g/mol. The Bertz CT molecular complexity index is 446. The molecule has 2 atom stereocenters. The van der Waals surface area contributed by atoms with Crippen LogP contribution in [0.4, 0.5) is 0 Å². The van der Waals surface area contributed by atoms with Crippen molar-refractivity contribution in [3.8, 4) is 0 Å². The number of nitrogens with one attached hydrogen (secondary N) is 1. The van der Waals surface area contributed by atoms with E-state index in [9.17, 15) is 9.90 Å². The molecule has 1 aromatic rings. The topological polar surface area (TPSA) is 61.8 Å². The Morgan fingerprint density at radius 3 is 2.64 bits per heavy atom. The lowest BCUT2D eigenvalue weighted by Crippen LogP contribution is -2.43. The molecule has 122 valence electrons. The normalized spacial score (nSPS) is 18.0. The van der Waals surface area contributed by atoms with Crippen LogP contribution in [0.2, 0.25) is 0 Å². The lowest BCUT2D eigenvalue weighted by Gasteiger charge is -2.29. The fourth-order valence-electron chi connectivity index (χ4n) is 2.77. The summed E-state index contributed by atoms with van der Waals surface area (Å²) in [4.78, 5) is 14.1. The van der Waals surface area contributed by atoms with E-state index in [1.54, 1.807) is 0 Å². The van der Waals surface area contributed by atoms with Crippen LogP contribution in [0.15, 0.2) is 30.3 Å². The fourth-order valence-corrected chi connectivity index (χ4v) is 2.77. The standard InChI is InChI=1S/C17H26N2O3/c1-14(13-17(21)19-8-11-22-12-9-19)18-16(7-10-20)15-5-3-2-4-6-15/h2-6,14,16,18,20H,7-13H2,1H3/t14?,16-/m1/s1. The van der Waals surface area contributed by atoms with Crippen LogP contribution in [0.25, 0.3) is 0 Å². The molecule has 5 nitrogen and oxygen atoms in total. The van der Waals surface area contributed by atoms with Gasteiger partial charge >= 0.3 is 0 Å². The van der Waals surface area contributed by atoms with E-state index in [0.29, 0.717) is 39.1 Å². The molecule has 0 spiro atoms. The van der Waals surface area contributed by atoms with Crippen molar-refractivity contribution < 1.29 is 14.6 Å². The molecule has 1 aromatic carbocycles. The van der Waals surface area contributed by atoms with Crippen LogP contribution in [0.3, 0.4) is 0 Å². The van der Waals surface area contributed by atoms with Gasteiger partial charge in [0, 0.05) is 38.2 Å². The molecule has 1 saturated heterocycles. The summed E-state index contributed by atoms with van der Waals surface area (Å²) in [6.45, 7) is 4.77. The van der Waals surface area contributed by atoms with Crippen LogP contribution >= 0.6 is 0 Å². The van der Waals surface area contributed by atoms with Gasteiger partial charge in [0.1, 0.15) is 0 Å². The molecule has 1 amide bonds. The van der Waals surface area contributed by atoms with Crippen LogP contribution in [0.1, 0.15) is 31.4 Å². The van der Waals surface area contributed by atoms with Crippen molar-refractivity contribution in [3.63, 3.8) is 0 Å². The smallest absolute Gasteiger partial charge is 0.224 e. The highest BCUT2D eigenvalue weighted by Gasteiger charge is 2.21. The van der Waals surface area contributed by atoms with Gasteiger partial charge < -0.3 is 20.1 Å². The number of carbonyl (C=O) groups is 1. The van der Waals surface area contributed by atoms with Crippen LogP contribution in [0.5, 0.6) is 0 Å².